The van der Waals surface area contributed by atoms with Crippen LogP contribution in [0.5, 0.6) is 11.6 Å². The van der Waals surface area contributed by atoms with Crippen molar-refractivity contribution in [3.63, 3.8) is 0 Å². The molecule has 0 saturated heterocycles. The molecule has 0 bridgehead atoms. The van der Waals surface area contributed by atoms with Crippen LogP contribution in [0.4, 0.5) is 0 Å². The third-order valence-corrected chi connectivity index (χ3v) is 2.99. The smallest absolute Gasteiger partial charge is 0.285 e. The van der Waals surface area contributed by atoms with Crippen LogP contribution < -0.4 is 10.2 Å². The van der Waals surface area contributed by atoms with Crippen LogP contribution in [0, 0.1) is 0 Å². The molecule has 0 aliphatic heterocycles. The van der Waals surface area contributed by atoms with E-state index in [2.05, 4.69) is 10.2 Å². The van der Waals surface area contributed by atoms with Gasteiger partial charge in [0, 0.05) is 24.7 Å². The molecule has 0 atom stereocenters. The molecule has 19 heavy (non-hydrogen) atoms. The van der Waals surface area contributed by atoms with E-state index in [1.54, 1.807) is 6.07 Å². The number of ether oxygens (including phenoxy) is 1. The molecule has 0 spiro atoms. The minimum absolute atomic E-state index is 0.0295. The molecule has 3 aromatic rings. The molecule has 0 unspecified atom stereocenters. The van der Waals surface area contributed by atoms with Gasteiger partial charge in [-0.05, 0) is 12.1 Å². The van der Waals surface area contributed by atoms with Gasteiger partial charge in [0.2, 0.25) is 5.43 Å². The molecule has 0 aliphatic carbocycles. The average Bonchev–Trinajstić information content (AvgIpc) is 2.76. The molecule has 6 heteroatoms. The summed E-state index contributed by atoms with van der Waals surface area (Å²) in [6, 6.07) is 8.83. The van der Waals surface area contributed by atoms with Crippen LogP contribution >= 0.6 is 11.6 Å². The molecule has 2 aromatic heterocycles. The fourth-order valence-electron chi connectivity index (χ4n) is 1.95. The molecule has 1 N–H and O–H groups in total. The summed E-state index contributed by atoms with van der Waals surface area (Å²) in [6.45, 7) is 0. The van der Waals surface area contributed by atoms with Gasteiger partial charge in [-0.2, -0.15) is 0 Å². The van der Waals surface area contributed by atoms with Crippen molar-refractivity contribution < 1.29 is 4.74 Å². The summed E-state index contributed by atoms with van der Waals surface area (Å²) >= 11 is 5.65. The van der Waals surface area contributed by atoms with Gasteiger partial charge >= 0.3 is 0 Å². The standard InChI is InChI=1S/C13H10ClN3O2/c1-17-6-5-8-3-2-4-10(12(8)17)19-13-9(18)7-11(14)15-16-13/h2-7H,1H3,(H,15,18). The van der Waals surface area contributed by atoms with Gasteiger partial charge in [0.15, 0.2) is 5.75 Å². The van der Waals surface area contributed by atoms with E-state index in [0.717, 1.165) is 10.9 Å². The summed E-state index contributed by atoms with van der Waals surface area (Å²) < 4.78 is 7.51. The number of benzene rings is 1. The van der Waals surface area contributed by atoms with Gasteiger partial charge in [0.1, 0.15) is 5.15 Å². The molecule has 96 valence electrons. The van der Waals surface area contributed by atoms with Gasteiger partial charge in [-0.1, -0.05) is 23.7 Å². The van der Waals surface area contributed by atoms with Gasteiger partial charge < -0.3 is 9.30 Å². The van der Waals surface area contributed by atoms with E-state index in [1.807, 2.05) is 36.0 Å². The van der Waals surface area contributed by atoms with Gasteiger partial charge in [-0.25, -0.2) is 0 Å². The van der Waals surface area contributed by atoms with Crippen molar-refractivity contribution >= 4 is 22.5 Å². The maximum atomic E-state index is 11.7. The third kappa shape index (κ3) is 2.08. The Labute approximate surface area is 113 Å². The second kappa shape index (κ2) is 4.44. The zero-order valence-electron chi connectivity index (χ0n) is 10.1. The zero-order valence-corrected chi connectivity index (χ0v) is 10.8. The molecule has 0 radical (unpaired) electrons. The van der Waals surface area contributed by atoms with Crippen LogP contribution in [-0.2, 0) is 7.05 Å². The van der Waals surface area contributed by atoms with Gasteiger partial charge in [0.05, 0.1) is 5.52 Å². The highest BCUT2D eigenvalue weighted by Gasteiger charge is 2.10. The van der Waals surface area contributed by atoms with Crippen molar-refractivity contribution in [2.75, 3.05) is 0 Å². The Morgan fingerprint density at radius 2 is 2.21 bits per heavy atom. The topological polar surface area (TPSA) is 59.9 Å². The van der Waals surface area contributed by atoms with E-state index in [-0.39, 0.29) is 16.5 Å². The number of hydrogen-bond acceptors (Lipinski definition) is 3. The van der Waals surface area contributed by atoms with E-state index in [9.17, 15) is 4.79 Å². The Hall–Kier alpha value is -2.27. The highest BCUT2D eigenvalue weighted by molar-refractivity contribution is 6.29. The predicted molar refractivity (Wildman–Crippen MR) is 72.9 cm³/mol. The maximum absolute atomic E-state index is 11.7. The first-order valence-electron chi connectivity index (χ1n) is 5.62. The number of aryl methyl sites for hydroxylation is 1. The first kappa shape index (κ1) is 11.8. The summed E-state index contributed by atoms with van der Waals surface area (Å²) in [5.74, 6) is 0.545. The summed E-state index contributed by atoms with van der Waals surface area (Å²) in [6.07, 6.45) is 1.93. The van der Waals surface area contributed by atoms with Crippen LogP contribution in [0.3, 0.4) is 0 Å². The summed E-state index contributed by atoms with van der Waals surface area (Å²) in [4.78, 5) is 11.7. The van der Waals surface area contributed by atoms with Crippen LogP contribution in [0.25, 0.3) is 10.9 Å². The fraction of sp³-hybridized carbons (Fsp3) is 0.0769. The average molecular weight is 276 g/mol. The second-order valence-corrected chi connectivity index (χ2v) is 4.52. The Morgan fingerprint density at radius 1 is 1.37 bits per heavy atom. The Kier molecular flexibility index (Phi) is 2.76. The quantitative estimate of drug-likeness (QED) is 0.782. The fourth-order valence-corrected chi connectivity index (χ4v) is 2.09. The SMILES string of the molecule is Cn1ccc2cccc(Oc3n[nH]c(Cl)cc3=O)c21. The molecule has 0 aliphatic rings. The number of nitrogens with one attached hydrogen (secondary N) is 1. The van der Waals surface area contributed by atoms with Crippen molar-refractivity contribution in [2.24, 2.45) is 7.05 Å². The third-order valence-electron chi connectivity index (χ3n) is 2.80. The van der Waals surface area contributed by atoms with E-state index >= 15 is 0 Å². The number of hydrogen-bond donors (Lipinski definition) is 1. The van der Waals surface area contributed by atoms with E-state index in [0.29, 0.717) is 5.75 Å². The molecule has 0 saturated carbocycles. The van der Waals surface area contributed by atoms with E-state index < -0.39 is 0 Å². The lowest BCUT2D eigenvalue weighted by Crippen LogP contribution is -2.07. The molecule has 3 rings (SSSR count). The first-order valence-corrected chi connectivity index (χ1v) is 6.00. The van der Waals surface area contributed by atoms with Crippen LogP contribution in [0.1, 0.15) is 0 Å². The van der Waals surface area contributed by atoms with Crippen LogP contribution in [-0.4, -0.2) is 14.8 Å². The van der Waals surface area contributed by atoms with E-state index in [4.69, 9.17) is 16.3 Å². The Bertz CT molecular complexity index is 807. The number of halogens is 1. The Morgan fingerprint density at radius 3 is 3.00 bits per heavy atom. The minimum atomic E-state index is -0.366. The lowest BCUT2D eigenvalue weighted by Gasteiger charge is -2.07. The van der Waals surface area contributed by atoms with Crippen molar-refractivity contribution in [1.82, 2.24) is 14.8 Å². The number of H-pyrrole nitrogens is 1. The lowest BCUT2D eigenvalue weighted by atomic mass is 10.2. The second-order valence-electron chi connectivity index (χ2n) is 4.11. The first-order chi connectivity index (χ1) is 9.15. The monoisotopic (exact) mass is 275 g/mol. The number of aromatic amines is 1. The molecule has 0 fully saturated rings. The predicted octanol–water partition coefficient (Wildman–Crippen LogP) is 2.71. The summed E-state index contributed by atoms with van der Waals surface area (Å²) in [5.41, 5.74) is 0.536. The number of para-hydroxylation sites is 1. The number of rotatable bonds is 2. The van der Waals surface area contributed by atoms with Gasteiger partial charge in [0.25, 0.3) is 5.88 Å². The molecular formula is C13H10ClN3O2. The van der Waals surface area contributed by atoms with Gasteiger partial charge in [-0.15, -0.1) is 5.10 Å². The van der Waals surface area contributed by atoms with Gasteiger partial charge in [-0.3, -0.25) is 9.89 Å². The molecule has 5 nitrogen and oxygen atoms in total. The Balaban J connectivity index is 2.10. The molecule has 0 amide bonds. The summed E-state index contributed by atoms with van der Waals surface area (Å²) in [7, 11) is 1.91. The van der Waals surface area contributed by atoms with Crippen LogP contribution in [0.2, 0.25) is 5.15 Å². The van der Waals surface area contributed by atoms with Crippen molar-refractivity contribution in [3.8, 4) is 11.6 Å². The van der Waals surface area contributed by atoms with Crippen LogP contribution in [0.15, 0.2) is 41.3 Å². The largest absolute Gasteiger partial charge is 0.433 e. The highest BCUT2D eigenvalue weighted by atomic mass is 35.5. The maximum Gasteiger partial charge on any atom is 0.285 e. The number of fused-ring (bicyclic) bond motifs is 1. The highest BCUT2D eigenvalue weighted by Crippen LogP contribution is 2.28. The van der Waals surface area contributed by atoms with Crippen molar-refractivity contribution in [2.45, 2.75) is 0 Å². The molecular weight excluding hydrogens is 266 g/mol. The lowest BCUT2D eigenvalue weighted by molar-refractivity contribution is 0.453. The minimum Gasteiger partial charge on any atom is -0.433 e. The van der Waals surface area contributed by atoms with E-state index in [1.165, 1.54) is 6.07 Å². The zero-order chi connectivity index (χ0) is 13.4. The van der Waals surface area contributed by atoms with Crippen molar-refractivity contribution in [1.29, 1.82) is 0 Å². The normalized spacial score (nSPS) is 10.8. The summed E-state index contributed by atoms with van der Waals surface area (Å²) in [5, 5.41) is 7.50. The van der Waals surface area contributed by atoms with Crippen molar-refractivity contribution in [3.05, 3.63) is 51.9 Å². The molecule has 2 heterocycles. The molecule has 1 aromatic carbocycles. The number of nitrogens with zero attached hydrogens (tertiary/aromatic N) is 2. The number of aromatic nitrogens is 3.